The van der Waals surface area contributed by atoms with Crippen molar-refractivity contribution < 1.29 is 19.1 Å². The van der Waals surface area contributed by atoms with Crippen molar-refractivity contribution in [3.8, 4) is 11.1 Å². The Bertz CT molecular complexity index is 1420. The molecule has 0 bridgehead atoms. The topological polar surface area (TPSA) is 69.6 Å². The molecule has 0 aliphatic heterocycles. The SMILES string of the molecule is C[C@@H](Cc1cn(C(=O)OC(C)(C)C)c2ccccc12)NC(=O)OCC1c2ccccc2-c2ccccc21. The van der Waals surface area contributed by atoms with Crippen LogP contribution in [0.1, 0.15) is 50.3 Å². The highest BCUT2D eigenvalue weighted by Gasteiger charge is 2.29. The molecular formula is C31H32N2O4. The number of nitrogens with zero attached hydrogens (tertiary/aromatic N) is 1. The first-order chi connectivity index (χ1) is 17.7. The second-order valence-electron chi connectivity index (χ2n) is 10.6. The lowest BCUT2D eigenvalue weighted by Crippen LogP contribution is -2.35. The van der Waals surface area contributed by atoms with Crippen molar-refractivity contribution in [1.29, 1.82) is 0 Å². The Morgan fingerprint density at radius 3 is 2.16 bits per heavy atom. The molecule has 1 aliphatic rings. The summed E-state index contributed by atoms with van der Waals surface area (Å²) in [5.74, 6) is 0.0141. The van der Waals surface area contributed by atoms with Crippen LogP contribution in [0.3, 0.4) is 0 Å². The minimum absolute atomic E-state index is 0.0141. The van der Waals surface area contributed by atoms with Gasteiger partial charge >= 0.3 is 12.2 Å². The monoisotopic (exact) mass is 496 g/mol. The van der Waals surface area contributed by atoms with Crippen LogP contribution in [-0.4, -0.2) is 35.0 Å². The van der Waals surface area contributed by atoms with Crippen molar-refractivity contribution in [3.05, 3.63) is 95.7 Å². The minimum Gasteiger partial charge on any atom is -0.449 e. The molecule has 1 aliphatic carbocycles. The van der Waals surface area contributed by atoms with E-state index in [4.69, 9.17) is 9.47 Å². The third-order valence-electron chi connectivity index (χ3n) is 6.62. The van der Waals surface area contributed by atoms with Crippen molar-refractivity contribution in [2.24, 2.45) is 0 Å². The summed E-state index contributed by atoms with van der Waals surface area (Å²) in [5.41, 5.74) is 5.89. The molecule has 1 aromatic heterocycles. The van der Waals surface area contributed by atoms with Gasteiger partial charge in [0.1, 0.15) is 12.2 Å². The van der Waals surface area contributed by atoms with E-state index in [9.17, 15) is 9.59 Å². The van der Waals surface area contributed by atoms with Crippen LogP contribution >= 0.6 is 0 Å². The van der Waals surface area contributed by atoms with Crippen molar-refractivity contribution in [2.45, 2.75) is 51.7 Å². The summed E-state index contributed by atoms with van der Waals surface area (Å²) in [7, 11) is 0. The number of aromatic nitrogens is 1. The zero-order chi connectivity index (χ0) is 26.2. The van der Waals surface area contributed by atoms with Crippen LogP contribution in [0.2, 0.25) is 0 Å². The lowest BCUT2D eigenvalue weighted by molar-refractivity contribution is 0.0544. The Balaban J connectivity index is 1.25. The summed E-state index contributed by atoms with van der Waals surface area (Å²) in [6, 6.07) is 24.1. The third kappa shape index (κ3) is 5.10. The average molecular weight is 497 g/mol. The molecule has 1 heterocycles. The number of fused-ring (bicyclic) bond motifs is 4. The Labute approximate surface area is 217 Å². The molecular weight excluding hydrogens is 464 g/mol. The van der Waals surface area contributed by atoms with Gasteiger partial charge in [-0.15, -0.1) is 0 Å². The molecule has 4 aromatic rings. The first-order valence-electron chi connectivity index (χ1n) is 12.6. The number of hydrogen-bond acceptors (Lipinski definition) is 4. The van der Waals surface area contributed by atoms with Gasteiger partial charge in [-0.3, -0.25) is 4.57 Å². The fraction of sp³-hybridized carbons (Fsp3) is 0.290. The quantitative estimate of drug-likeness (QED) is 0.326. The van der Waals surface area contributed by atoms with E-state index >= 15 is 0 Å². The van der Waals surface area contributed by atoms with Gasteiger partial charge in [0.05, 0.1) is 5.52 Å². The summed E-state index contributed by atoms with van der Waals surface area (Å²) in [6.07, 6.45) is 1.46. The Kier molecular flexibility index (Phi) is 6.50. The maximum absolute atomic E-state index is 12.8. The number of rotatable bonds is 5. The predicted octanol–water partition coefficient (Wildman–Crippen LogP) is 6.89. The molecule has 0 radical (unpaired) electrons. The van der Waals surface area contributed by atoms with Gasteiger partial charge in [0.25, 0.3) is 0 Å². The van der Waals surface area contributed by atoms with Crippen LogP contribution in [0.4, 0.5) is 9.59 Å². The molecule has 1 atom stereocenters. The average Bonchev–Trinajstić information content (AvgIpc) is 3.38. The number of ether oxygens (including phenoxy) is 2. The number of para-hydroxylation sites is 1. The lowest BCUT2D eigenvalue weighted by atomic mass is 9.98. The molecule has 37 heavy (non-hydrogen) atoms. The second kappa shape index (κ2) is 9.77. The number of carbonyl (C=O) groups is 2. The van der Waals surface area contributed by atoms with E-state index < -0.39 is 17.8 Å². The highest BCUT2D eigenvalue weighted by atomic mass is 16.6. The third-order valence-corrected chi connectivity index (χ3v) is 6.62. The highest BCUT2D eigenvalue weighted by molar-refractivity contribution is 5.92. The standard InChI is InChI=1S/C31H32N2O4/c1-20(17-21-18-33(30(35)37-31(2,3)4)28-16-10-9-11-22(21)28)32-29(34)36-19-27-25-14-7-5-12-23(25)24-13-6-8-15-26(24)27/h5-16,18,20,27H,17,19H2,1-4H3,(H,32,34)/t20-/m0/s1. The van der Waals surface area contributed by atoms with E-state index in [1.165, 1.54) is 26.8 Å². The summed E-state index contributed by atoms with van der Waals surface area (Å²) < 4.78 is 12.8. The minimum atomic E-state index is -0.596. The van der Waals surface area contributed by atoms with E-state index in [1.807, 2.05) is 76.2 Å². The van der Waals surface area contributed by atoms with Crippen LogP contribution in [0.5, 0.6) is 0 Å². The molecule has 0 fully saturated rings. The van der Waals surface area contributed by atoms with E-state index in [1.54, 1.807) is 6.20 Å². The fourth-order valence-corrected chi connectivity index (χ4v) is 5.10. The van der Waals surface area contributed by atoms with Crippen LogP contribution in [0, 0.1) is 0 Å². The Morgan fingerprint density at radius 2 is 1.51 bits per heavy atom. The summed E-state index contributed by atoms with van der Waals surface area (Å²) in [4.78, 5) is 25.5. The fourth-order valence-electron chi connectivity index (χ4n) is 5.10. The predicted molar refractivity (Wildman–Crippen MR) is 145 cm³/mol. The smallest absolute Gasteiger partial charge is 0.419 e. The van der Waals surface area contributed by atoms with Gasteiger partial charge in [0, 0.05) is 23.5 Å². The van der Waals surface area contributed by atoms with Gasteiger partial charge in [-0.2, -0.15) is 0 Å². The normalized spacial score (nSPS) is 13.6. The number of alkyl carbamates (subject to hydrolysis) is 1. The molecule has 1 N–H and O–H groups in total. The number of carbonyl (C=O) groups excluding carboxylic acids is 2. The zero-order valence-electron chi connectivity index (χ0n) is 21.7. The van der Waals surface area contributed by atoms with Crippen LogP contribution < -0.4 is 5.32 Å². The lowest BCUT2D eigenvalue weighted by Gasteiger charge is -2.19. The number of benzene rings is 3. The number of amides is 1. The molecule has 6 nitrogen and oxygen atoms in total. The second-order valence-corrected chi connectivity index (χ2v) is 10.6. The molecule has 0 saturated heterocycles. The van der Waals surface area contributed by atoms with Crippen LogP contribution in [0.25, 0.3) is 22.0 Å². The Hall–Kier alpha value is -4.06. The maximum atomic E-state index is 12.8. The van der Waals surface area contributed by atoms with Crippen molar-refractivity contribution in [1.82, 2.24) is 9.88 Å². The van der Waals surface area contributed by atoms with Crippen molar-refractivity contribution >= 4 is 23.1 Å². The summed E-state index contributed by atoms with van der Waals surface area (Å²) >= 11 is 0. The van der Waals surface area contributed by atoms with E-state index in [0.29, 0.717) is 6.42 Å². The van der Waals surface area contributed by atoms with Crippen LogP contribution in [0.15, 0.2) is 79.0 Å². The molecule has 5 rings (SSSR count). The van der Waals surface area contributed by atoms with E-state index in [0.717, 1.165) is 16.5 Å². The molecule has 0 unspecified atom stereocenters. The van der Waals surface area contributed by atoms with E-state index in [2.05, 4.69) is 29.6 Å². The van der Waals surface area contributed by atoms with Crippen molar-refractivity contribution in [3.63, 3.8) is 0 Å². The van der Waals surface area contributed by atoms with Gasteiger partial charge in [-0.1, -0.05) is 66.7 Å². The first kappa shape index (κ1) is 24.6. The van der Waals surface area contributed by atoms with Crippen molar-refractivity contribution in [2.75, 3.05) is 6.61 Å². The van der Waals surface area contributed by atoms with Gasteiger partial charge in [0.2, 0.25) is 0 Å². The molecule has 6 heteroatoms. The first-order valence-corrected chi connectivity index (χ1v) is 12.6. The summed E-state index contributed by atoms with van der Waals surface area (Å²) in [5, 5.41) is 3.91. The molecule has 3 aromatic carbocycles. The molecule has 0 saturated carbocycles. The largest absolute Gasteiger partial charge is 0.449 e. The molecule has 190 valence electrons. The number of nitrogens with one attached hydrogen (secondary N) is 1. The Morgan fingerprint density at radius 1 is 0.919 bits per heavy atom. The van der Waals surface area contributed by atoms with E-state index in [-0.39, 0.29) is 18.6 Å². The zero-order valence-corrected chi connectivity index (χ0v) is 21.7. The molecule has 1 amide bonds. The van der Waals surface area contributed by atoms with Gasteiger partial charge in [0.15, 0.2) is 0 Å². The number of hydrogen-bond donors (Lipinski definition) is 1. The van der Waals surface area contributed by atoms with Gasteiger partial charge in [-0.25, -0.2) is 9.59 Å². The maximum Gasteiger partial charge on any atom is 0.419 e. The summed E-state index contributed by atoms with van der Waals surface area (Å²) in [6.45, 7) is 7.74. The molecule has 0 spiro atoms. The highest BCUT2D eigenvalue weighted by Crippen LogP contribution is 2.44. The van der Waals surface area contributed by atoms with Gasteiger partial charge in [-0.05, 0) is 68.0 Å². The van der Waals surface area contributed by atoms with Crippen LogP contribution in [-0.2, 0) is 15.9 Å². The van der Waals surface area contributed by atoms with Gasteiger partial charge < -0.3 is 14.8 Å².